The maximum absolute atomic E-state index is 13.8. The third-order valence-corrected chi connectivity index (χ3v) is 2.48. The smallest absolute Gasteiger partial charge is 0.339 e. The molecule has 4 nitrogen and oxygen atoms in total. The number of benzene rings is 1. The molecule has 3 N–H and O–H groups in total. The number of ketones is 1. The van der Waals surface area contributed by atoms with Gasteiger partial charge in [0.05, 0.1) is 5.56 Å². The summed E-state index contributed by atoms with van der Waals surface area (Å²) in [6.07, 6.45) is 0. The van der Waals surface area contributed by atoms with Crippen LogP contribution < -0.4 is 5.73 Å². The largest absolute Gasteiger partial charge is 0.478 e. The Morgan fingerprint density at radius 1 is 1.00 bits per heavy atom. The number of Topliss-reactive ketones (excluding diaryl/α,β-unsaturated/α-hetero) is 1. The maximum atomic E-state index is 13.8. The summed E-state index contributed by atoms with van der Waals surface area (Å²) in [4.78, 5) is 22.9. The van der Waals surface area contributed by atoms with Gasteiger partial charge in [-0.05, 0) is 0 Å². The van der Waals surface area contributed by atoms with Crippen LogP contribution in [0.15, 0.2) is 0 Å². The highest BCUT2D eigenvalue weighted by Gasteiger charge is 2.35. The summed E-state index contributed by atoms with van der Waals surface area (Å²) in [5.41, 5.74) is 0.218. The first-order valence-corrected chi connectivity index (χ1v) is 5.24. The van der Waals surface area contributed by atoms with E-state index in [0.29, 0.717) is 0 Å². The Morgan fingerprint density at radius 2 is 1.47 bits per heavy atom. The Bertz CT molecular complexity index is 577. The van der Waals surface area contributed by atoms with Crippen LogP contribution in [0.25, 0.3) is 0 Å². The van der Waals surface area contributed by atoms with E-state index < -0.39 is 51.4 Å². The molecule has 1 rings (SSSR count). The van der Waals surface area contributed by atoms with E-state index in [9.17, 15) is 22.8 Å². The van der Waals surface area contributed by atoms with Crippen molar-refractivity contribution in [2.45, 2.75) is 20.8 Å². The van der Waals surface area contributed by atoms with Gasteiger partial charge in [0.15, 0.2) is 23.2 Å². The Balaban J connectivity index is 3.82. The molecule has 1 aromatic carbocycles. The first kappa shape index (κ1) is 15.0. The minimum Gasteiger partial charge on any atom is -0.478 e. The molecule has 104 valence electrons. The number of hydrogen-bond acceptors (Lipinski definition) is 3. The number of carbonyl (C=O) groups is 2. The highest BCUT2D eigenvalue weighted by molar-refractivity contribution is 6.09. The van der Waals surface area contributed by atoms with Crippen LogP contribution in [0.5, 0.6) is 0 Å². The number of aromatic carboxylic acids is 1. The summed E-state index contributed by atoms with van der Waals surface area (Å²) in [7, 11) is 0. The Morgan fingerprint density at radius 3 is 1.84 bits per heavy atom. The first-order valence-electron chi connectivity index (χ1n) is 5.24. The van der Waals surface area contributed by atoms with Gasteiger partial charge in [0.2, 0.25) is 0 Å². The number of carboxylic acid groups (broad SMARTS) is 1. The lowest BCUT2D eigenvalue weighted by molar-refractivity contribution is 0.0679. The molecule has 7 heteroatoms. The van der Waals surface area contributed by atoms with Gasteiger partial charge in [-0.15, -0.1) is 0 Å². The number of rotatable bonds is 2. The van der Waals surface area contributed by atoms with Crippen molar-refractivity contribution in [2.24, 2.45) is 5.41 Å². The summed E-state index contributed by atoms with van der Waals surface area (Å²) < 4.78 is 40.6. The zero-order valence-electron chi connectivity index (χ0n) is 10.5. The number of anilines is 1. The fraction of sp³-hybridized carbons (Fsp3) is 0.333. The summed E-state index contributed by atoms with van der Waals surface area (Å²) in [5, 5.41) is 8.83. The van der Waals surface area contributed by atoms with Gasteiger partial charge in [-0.3, -0.25) is 4.79 Å². The maximum Gasteiger partial charge on any atom is 0.339 e. The molecule has 19 heavy (non-hydrogen) atoms. The standard InChI is InChI=1S/C12H12F3NO3/c1-12(2,3)10(17)4-5(11(18)19)6(13)8(15)9(16)7(4)14/h16H2,1-3H3,(H,18,19). The third kappa shape index (κ3) is 2.40. The van der Waals surface area contributed by atoms with Crippen molar-refractivity contribution in [3.8, 4) is 0 Å². The van der Waals surface area contributed by atoms with Gasteiger partial charge < -0.3 is 10.8 Å². The van der Waals surface area contributed by atoms with Crippen LogP contribution >= 0.6 is 0 Å². The van der Waals surface area contributed by atoms with Gasteiger partial charge in [-0.25, -0.2) is 18.0 Å². The van der Waals surface area contributed by atoms with Crippen LogP contribution in [0.3, 0.4) is 0 Å². The first-order chi connectivity index (χ1) is 8.50. The molecule has 0 atom stereocenters. The Kier molecular flexibility index (Phi) is 3.60. The number of nitrogens with two attached hydrogens (primary N) is 1. The van der Waals surface area contributed by atoms with Crippen LogP contribution in [-0.4, -0.2) is 16.9 Å². The molecular formula is C12H12F3NO3. The van der Waals surface area contributed by atoms with Gasteiger partial charge >= 0.3 is 5.97 Å². The SMILES string of the molecule is CC(C)(C)C(=O)c1c(F)c(N)c(F)c(F)c1C(=O)O. The van der Waals surface area contributed by atoms with E-state index in [1.165, 1.54) is 20.8 Å². The second kappa shape index (κ2) is 4.56. The highest BCUT2D eigenvalue weighted by Crippen LogP contribution is 2.32. The number of carboxylic acids is 1. The molecule has 0 radical (unpaired) electrons. The quantitative estimate of drug-likeness (QED) is 0.494. The molecule has 0 heterocycles. The summed E-state index contributed by atoms with van der Waals surface area (Å²) in [6, 6.07) is 0. The summed E-state index contributed by atoms with van der Waals surface area (Å²) in [5.74, 6) is -8.15. The van der Waals surface area contributed by atoms with Gasteiger partial charge in [-0.1, -0.05) is 20.8 Å². The minimum atomic E-state index is -1.94. The summed E-state index contributed by atoms with van der Waals surface area (Å²) >= 11 is 0. The van der Waals surface area contributed by atoms with E-state index in [1.54, 1.807) is 0 Å². The lowest BCUT2D eigenvalue weighted by Crippen LogP contribution is -2.26. The molecule has 0 aliphatic rings. The van der Waals surface area contributed by atoms with E-state index in [2.05, 4.69) is 0 Å². The fourth-order valence-corrected chi connectivity index (χ4v) is 1.47. The molecule has 0 amide bonds. The number of hydrogen-bond donors (Lipinski definition) is 2. The van der Waals surface area contributed by atoms with Crippen LogP contribution in [0.1, 0.15) is 41.5 Å². The average molecular weight is 275 g/mol. The van der Waals surface area contributed by atoms with Gasteiger partial charge in [0.25, 0.3) is 0 Å². The highest BCUT2D eigenvalue weighted by atomic mass is 19.2. The number of nitrogen functional groups attached to an aromatic ring is 1. The van der Waals surface area contributed by atoms with Crippen molar-refractivity contribution in [3.05, 3.63) is 28.6 Å². The van der Waals surface area contributed by atoms with E-state index in [-0.39, 0.29) is 0 Å². The monoisotopic (exact) mass is 275 g/mol. The predicted molar refractivity (Wildman–Crippen MR) is 61.5 cm³/mol. The van der Waals surface area contributed by atoms with Crippen LogP contribution in [0.4, 0.5) is 18.9 Å². The molecule has 0 spiro atoms. The molecule has 0 saturated heterocycles. The van der Waals surface area contributed by atoms with Crippen molar-refractivity contribution in [3.63, 3.8) is 0 Å². The van der Waals surface area contributed by atoms with E-state index in [0.717, 1.165) is 0 Å². The van der Waals surface area contributed by atoms with Crippen molar-refractivity contribution in [1.82, 2.24) is 0 Å². The van der Waals surface area contributed by atoms with Gasteiger partial charge in [0.1, 0.15) is 11.3 Å². The Hall–Kier alpha value is -2.05. The van der Waals surface area contributed by atoms with Crippen molar-refractivity contribution < 1.29 is 27.9 Å². The second-order valence-electron chi connectivity index (χ2n) is 4.99. The molecular weight excluding hydrogens is 263 g/mol. The van der Waals surface area contributed by atoms with Crippen molar-refractivity contribution in [2.75, 3.05) is 5.73 Å². The third-order valence-electron chi connectivity index (χ3n) is 2.48. The molecule has 0 unspecified atom stereocenters. The second-order valence-corrected chi connectivity index (χ2v) is 4.99. The lowest BCUT2D eigenvalue weighted by Gasteiger charge is -2.19. The number of carbonyl (C=O) groups excluding carboxylic acids is 1. The zero-order chi connectivity index (χ0) is 15.1. The molecule has 0 saturated carbocycles. The average Bonchev–Trinajstić information content (AvgIpc) is 2.28. The van der Waals surface area contributed by atoms with Crippen LogP contribution in [0.2, 0.25) is 0 Å². The Labute approximate surface area is 107 Å². The molecule has 1 aromatic rings. The normalized spacial score (nSPS) is 11.5. The van der Waals surface area contributed by atoms with Crippen molar-refractivity contribution >= 4 is 17.4 Å². The lowest BCUT2D eigenvalue weighted by atomic mass is 9.84. The fourth-order valence-electron chi connectivity index (χ4n) is 1.47. The zero-order valence-corrected chi connectivity index (χ0v) is 10.5. The van der Waals surface area contributed by atoms with Crippen molar-refractivity contribution in [1.29, 1.82) is 0 Å². The molecule has 0 aliphatic carbocycles. The van der Waals surface area contributed by atoms with Crippen LogP contribution in [0, 0.1) is 22.9 Å². The van der Waals surface area contributed by atoms with E-state index in [4.69, 9.17) is 10.8 Å². The van der Waals surface area contributed by atoms with Gasteiger partial charge in [0, 0.05) is 5.41 Å². The molecule has 0 aliphatic heterocycles. The van der Waals surface area contributed by atoms with E-state index >= 15 is 0 Å². The van der Waals surface area contributed by atoms with Gasteiger partial charge in [-0.2, -0.15) is 0 Å². The molecule has 0 bridgehead atoms. The topological polar surface area (TPSA) is 80.4 Å². The number of halogens is 3. The van der Waals surface area contributed by atoms with E-state index in [1.807, 2.05) is 0 Å². The van der Waals surface area contributed by atoms with Crippen LogP contribution in [-0.2, 0) is 0 Å². The molecule has 0 fully saturated rings. The summed E-state index contributed by atoms with van der Waals surface area (Å²) in [6.45, 7) is 4.16. The molecule has 0 aromatic heterocycles. The predicted octanol–water partition coefficient (Wildman–Crippen LogP) is 2.61. The minimum absolute atomic E-state index is 0.979.